The van der Waals surface area contributed by atoms with Gasteiger partial charge in [-0.15, -0.1) is 0 Å². The van der Waals surface area contributed by atoms with E-state index in [-0.39, 0.29) is 5.75 Å². The van der Waals surface area contributed by atoms with Gasteiger partial charge < -0.3 is 5.32 Å². The van der Waals surface area contributed by atoms with Gasteiger partial charge in [-0.2, -0.15) is 0 Å². The first kappa shape index (κ1) is 13.9. The zero-order chi connectivity index (χ0) is 11.2. The van der Waals surface area contributed by atoms with Crippen molar-refractivity contribution in [2.24, 2.45) is 5.92 Å². The van der Waals surface area contributed by atoms with Crippen molar-refractivity contribution >= 4 is 9.84 Å². The molecule has 0 radical (unpaired) electrons. The lowest BCUT2D eigenvalue weighted by Gasteiger charge is -2.19. The smallest absolute Gasteiger partial charge is 0.150 e. The number of nitrogens with one attached hydrogen (secondary N) is 1. The molecular formula is C10H23NO2S. The third-order valence-corrected chi connectivity index (χ3v) is 4.38. The normalized spacial score (nSPS) is 14.6. The Balaban J connectivity index is 3.83. The van der Waals surface area contributed by atoms with Gasteiger partial charge in [-0.25, -0.2) is 8.42 Å². The number of sulfone groups is 1. The van der Waals surface area contributed by atoms with Crippen LogP contribution >= 0.6 is 0 Å². The van der Waals surface area contributed by atoms with E-state index < -0.39 is 9.84 Å². The second-order valence-corrected chi connectivity index (χ2v) is 6.49. The van der Waals surface area contributed by atoms with Crippen molar-refractivity contribution in [2.45, 2.75) is 39.7 Å². The van der Waals surface area contributed by atoms with Crippen LogP contribution in [0.1, 0.15) is 33.6 Å². The van der Waals surface area contributed by atoms with E-state index in [0.717, 1.165) is 12.8 Å². The van der Waals surface area contributed by atoms with Crippen LogP contribution in [-0.2, 0) is 9.84 Å². The lowest BCUT2D eigenvalue weighted by molar-refractivity contribution is 0.399. The Labute approximate surface area is 88.2 Å². The first-order chi connectivity index (χ1) is 6.43. The summed E-state index contributed by atoms with van der Waals surface area (Å²) in [6, 6.07) is 0.432. The van der Waals surface area contributed by atoms with Gasteiger partial charge >= 0.3 is 0 Å². The second kappa shape index (κ2) is 6.40. The molecule has 4 heteroatoms. The van der Waals surface area contributed by atoms with Gasteiger partial charge in [-0.3, -0.25) is 0 Å². The maximum Gasteiger partial charge on any atom is 0.150 e. The monoisotopic (exact) mass is 221 g/mol. The summed E-state index contributed by atoms with van der Waals surface area (Å²) in [5.41, 5.74) is 0. The first-order valence-corrected chi connectivity index (χ1v) is 7.12. The van der Waals surface area contributed by atoms with E-state index in [1.807, 2.05) is 7.05 Å². The molecule has 0 aromatic heterocycles. The predicted molar refractivity (Wildman–Crippen MR) is 61.2 cm³/mol. The molecule has 0 spiro atoms. The van der Waals surface area contributed by atoms with Crippen molar-refractivity contribution in [1.82, 2.24) is 5.32 Å². The third-order valence-electron chi connectivity index (χ3n) is 2.59. The Kier molecular flexibility index (Phi) is 6.36. The average Bonchev–Trinajstić information content (AvgIpc) is 2.12. The van der Waals surface area contributed by atoms with Gasteiger partial charge in [0.25, 0.3) is 0 Å². The molecule has 0 saturated carbocycles. The minimum absolute atomic E-state index is 0.263. The minimum Gasteiger partial charge on any atom is -0.317 e. The molecular weight excluding hydrogens is 198 g/mol. The Hall–Kier alpha value is -0.0900. The van der Waals surface area contributed by atoms with Gasteiger partial charge in [-0.05, 0) is 25.8 Å². The van der Waals surface area contributed by atoms with Gasteiger partial charge in [0, 0.05) is 11.8 Å². The molecule has 0 aliphatic carbocycles. The molecule has 0 aliphatic heterocycles. The fourth-order valence-corrected chi connectivity index (χ4v) is 2.37. The summed E-state index contributed by atoms with van der Waals surface area (Å²) in [6.45, 7) is 6.00. The molecule has 1 N–H and O–H groups in total. The van der Waals surface area contributed by atoms with Crippen LogP contribution in [0, 0.1) is 5.92 Å². The van der Waals surface area contributed by atoms with Crippen molar-refractivity contribution in [3.05, 3.63) is 0 Å². The fourth-order valence-electron chi connectivity index (χ4n) is 1.48. The molecule has 0 fully saturated rings. The van der Waals surface area contributed by atoms with Crippen LogP contribution in [0.2, 0.25) is 0 Å². The molecule has 0 heterocycles. The maximum absolute atomic E-state index is 11.2. The molecule has 1 atom stereocenters. The molecule has 0 saturated heterocycles. The van der Waals surface area contributed by atoms with E-state index in [2.05, 4.69) is 19.2 Å². The summed E-state index contributed by atoms with van der Waals surface area (Å²) in [7, 11) is -0.847. The molecule has 0 aromatic rings. The van der Waals surface area contributed by atoms with Crippen LogP contribution in [0.15, 0.2) is 0 Å². The van der Waals surface area contributed by atoms with Crippen LogP contribution in [0.5, 0.6) is 0 Å². The highest BCUT2D eigenvalue weighted by atomic mass is 32.2. The van der Waals surface area contributed by atoms with E-state index in [1.54, 1.807) is 6.92 Å². The zero-order valence-corrected chi connectivity index (χ0v) is 10.5. The molecule has 0 amide bonds. The molecule has 0 rings (SSSR count). The van der Waals surface area contributed by atoms with Crippen LogP contribution in [0.4, 0.5) is 0 Å². The highest BCUT2D eigenvalue weighted by Crippen LogP contribution is 2.09. The summed E-state index contributed by atoms with van der Waals surface area (Å²) >= 11 is 0. The highest BCUT2D eigenvalue weighted by molar-refractivity contribution is 7.91. The summed E-state index contributed by atoms with van der Waals surface area (Å²) in [5, 5.41) is 3.21. The van der Waals surface area contributed by atoms with Gasteiger partial charge in [-0.1, -0.05) is 20.8 Å². The predicted octanol–water partition coefficient (Wildman–Crippen LogP) is 1.45. The van der Waals surface area contributed by atoms with E-state index in [1.165, 1.54) is 0 Å². The fraction of sp³-hybridized carbons (Fsp3) is 1.00. The summed E-state index contributed by atoms with van der Waals surface area (Å²) in [6.07, 6.45) is 1.70. The van der Waals surface area contributed by atoms with Crippen LogP contribution < -0.4 is 5.32 Å². The Morgan fingerprint density at radius 1 is 1.29 bits per heavy atom. The molecule has 0 bridgehead atoms. The molecule has 1 unspecified atom stereocenters. The van der Waals surface area contributed by atoms with Crippen molar-refractivity contribution in [1.29, 1.82) is 0 Å². The van der Waals surface area contributed by atoms with Gasteiger partial charge in [0.1, 0.15) is 9.84 Å². The third kappa shape index (κ3) is 5.60. The number of rotatable bonds is 7. The Morgan fingerprint density at radius 2 is 1.86 bits per heavy atom. The van der Waals surface area contributed by atoms with E-state index in [9.17, 15) is 8.42 Å². The maximum atomic E-state index is 11.2. The lowest BCUT2D eigenvalue weighted by atomic mass is 10.0. The first-order valence-electron chi connectivity index (χ1n) is 5.30. The number of hydrogen-bond acceptors (Lipinski definition) is 3. The lowest BCUT2D eigenvalue weighted by Crippen LogP contribution is -2.31. The Bertz CT molecular complexity index is 235. The van der Waals surface area contributed by atoms with Gasteiger partial charge in [0.05, 0.1) is 5.75 Å². The minimum atomic E-state index is -2.78. The van der Waals surface area contributed by atoms with Gasteiger partial charge in [0.15, 0.2) is 0 Å². The quantitative estimate of drug-likeness (QED) is 0.707. The standard InChI is InChI=1S/C10H23NO2S/c1-5-14(12,13)8-6-7-10(11-4)9(2)3/h9-11H,5-8H2,1-4H3. The average molecular weight is 221 g/mol. The highest BCUT2D eigenvalue weighted by Gasteiger charge is 2.13. The van der Waals surface area contributed by atoms with E-state index in [0.29, 0.717) is 17.7 Å². The summed E-state index contributed by atoms with van der Waals surface area (Å²) < 4.78 is 22.4. The second-order valence-electron chi connectivity index (χ2n) is 4.02. The molecule has 0 aromatic carbocycles. The SMILES string of the molecule is CCS(=O)(=O)CCCC(NC)C(C)C. The van der Waals surface area contributed by atoms with Crippen LogP contribution in [0.25, 0.3) is 0 Å². The van der Waals surface area contributed by atoms with E-state index >= 15 is 0 Å². The Morgan fingerprint density at radius 3 is 2.21 bits per heavy atom. The van der Waals surface area contributed by atoms with Crippen LogP contribution in [-0.4, -0.2) is 33.0 Å². The zero-order valence-electron chi connectivity index (χ0n) is 9.71. The van der Waals surface area contributed by atoms with E-state index in [4.69, 9.17) is 0 Å². The topological polar surface area (TPSA) is 46.2 Å². The van der Waals surface area contributed by atoms with Crippen LogP contribution in [0.3, 0.4) is 0 Å². The molecule has 0 aliphatic rings. The number of hydrogen-bond donors (Lipinski definition) is 1. The molecule has 86 valence electrons. The molecule has 14 heavy (non-hydrogen) atoms. The summed E-state index contributed by atoms with van der Waals surface area (Å²) in [4.78, 5) is 0. The van der Waals surface area contributed by atoms with Crippen molar-refractivity contribution in [3.63, 3.8) is 0 Å². The summed E-state index contributed by atoms with van der Waals surface area (Å²) in [5.74, 6) is 1.15. The van der Waals surface area contributed by atoms with Crippen molar-refractivity contribution in [3.8, 4) is 0 Å². The van der Waals surface area contributed by atoms with Gasteiger partial charge in [0.2, 0.25) is 0 Å². The van der Waals surface area contributed by atoms with Crippen molar-refractivity contribution in [2.75, 3.05) is 18.6 Å². The molecule has 3 nitrogen and oxygen atoms in total. The largest absolute Gasteiger partial charge is 0.317 e. The van der Waals surface area contributed by atoms with Crippen molar-refractivity contribution < 1.29 is 8.42 Å².